The quantitative estimate of drug-likeness (QED) is 0.643. The second kappa shape index (κ2) is 8.88. The molecular formula is C11H18ClN3O3. The van der Waals surface area contributed by atoms with Crippen LogP contribution in [0.15, 0.2) is 0 Å². The van der Waals surface area contributed by atoms with E-state index in [4.69, 9.17) is 25.8 Å². The van der Waals surface area contributed by atoms with Gasteiger partial charge in [-0.3, -0.25) is 0 Å². The molecule has 0 saturated heterocycles. The molecule has 0 bridgehead atoms. The Morgan fingerprint density at radius 2 is 1.44 bits per heavy atom. The van der Waals surface area contributed by atoms with Crippen LogP contribution in [0.1, 0.15) is 26.7 Å². The van der Waals surface area contributed by atoms with Crippen LogP contribution >= 0.6 is 11.6 Å². The van der Waals surface area contributed by atoms with Gasteiger partial charge >= 0.3 is 12.0 Å². The minimum absolute atomic E-state index is 0.0561. The molecule has 0 amide bonds. The Balaban J connectivity index is 2.41. The maximum atomic E-state index is 5.74. The van der Waals surface area contributed by atoms with E-state index >= 15 is 0 Å². The van der Waals surface area contributed by atoms with Crippen molar-refractivity contribution >= 4 is 11.6 Å². The third-order valence-electron chi connectivity index (χ3n) is 1.81. The van der Waals surface area contributed by atoms with Gasteiger partial charge < -0.3 is 14.2 Å². The van der Waals surface area contributed by atoms with Gasteiger partial charge in [-0.1, -0.05) is 13.8 Å². The van der Waals surface area contributed by atoms with E-state index < -0.39 is 0 Å². The SMILES string of the molecule is CCCOCCOc1nc(Cl)nc(OCCC)n1. The van der Waals surface area contributed by atoms with Crippen LogP contribution in [0.25, 0.3) is 0 Å². The van der Waals surface area contributed by atoms with Crippen LogP contribution in [0.5, 0.6) is 12.0 Å². The summed E-state index contributed by atoms with van der Waals surface area (Å²) in [6.45, 7) is 6.14. The zero-order valence-electron chi connectivity index (χ0n) is 10.7. The van der Waals surface area contributed by atoms with Crippen LogP contribution < -0.4 is 9.47 Å². The molecule has 102 valence electrons. The number of aromatic nitrogens is 3. The summed E-state index contributed by atoms with van der Waals surface area (Å²) in [6.07, 6.45) is 1.84. The Morgan fingerprint density at radius 1 is 0.833 bits per heavy atom. The zero-order valence-corrected chi connectivity index (χ0v) is 11.4. The summed E-state index contributed by atoms with van der Waals surface area (Å²) in [5, 5.41) is 0.0561. The molecule has 0 saturated carbocycles. The second-order valence-corrected chi connectivity index (χ2v) is 3.82. The zero-order chi connectivity index (χ0) is 13.2. The molecule has 6 nitrogen and oxygen atoms in total. The first-order chi connectivity index (χ1) is 8.76. The first kappa shape index (κ1) is 14.9. The minimum atomic E-state index is 0.0561. The average molecular weight is 276 g/mol. The van der Waals surface area contributed by atoms with Gasteiger partial charge in [0.05, 0.1) is 13.2 Å². The molecule has 1 aromatic heterocycles. The first-order valence-electron chi connectivity index (χ1n) is 6.01. The van der Waals surface area contributed by atoms with Crippen molar-refractivity contribution in [1.29, 1.82) is 0 Å². The maximum Gasteiger partial charge on any atom is 0.324 e. The average Bonchev–Trinajstić information content (AvgIpc) is 2.35. The van der Waals surface area contributed by atoms with Gasteiger partial charge in [0.15, 0.2) is 0 Å². The summed E-state index contributed by atoms with van der Waals surface area (Å²) in [6, 6.07) is 0.336. The number of ether oxygens (including phenoxy) is 3. The standard InChI is InChI=1S/C11H18ClN3O3/c1-3-5-16-7-8-18-11-14-9(12)13-10(15-11)17-6-4-2/h3-8H2,1-2H3. The summed E-state index contributed by atoms with van der Waals surface area (Å²) >= 11 is 5.74. The van der Waals surface area contributed by atoms with E-state index in [-0.39, 0.29) is 17.3 Å². The van der Waals surface area contributed by atoms with Crippen LogP contribution in [0, 0.1) is 0 Å². The van der Waals surface area contributed by atoms with Crippen molar-refractivity contribution in [3.8, 4) is 12.0 Å². The molecule has 0 N–H and O–H groups in total. The number of hydrogen-bond acceptors (Lipinski definition) is 6. The lowest BCUT2D eigenvalue weighted by atomic mass is 10.5. The van der Waals surface area contributed by atoms with E-state index in [9.17, 15) is 0 Å². The fourth-order valence-corrected chi connectivity index (χ4v) is 1.22. The minimum Gasteiger partial charge on any atom is -0.463 e. The van der Waals surface area contributed by atoms with Gasteiger partial charge in [0.2, 0.25) is 5.28 Å². The molecule has 1 heterocycles. The molecule has 0 atom stereocenters. The Hall–Kier alpha value is -1.14. The fraction of sp³-hybridized carbons (Fsp3) is 0.727. The molecule has 0 unspecified atom stereocenters. The third-order valence-corrected chi connectivity index (χ3v) is 1.98. The fourth-order valence-electron chi connectivity index (χ4n) is 1.08. The van der Waals surface area contributed by atoms with Gasteiger partial charge in [-0.2, -0.15) is 9.97 Å². The number of hydrogen-bond donors (Lipinski definition) is 0. The molecule has 0 aliphatic carbocycles. The van der Waals surface area contributed by atoms with Crippen LogP contribution in [-0.2, 0) is 4.74 Å². The molecule has 0 radical (unpaired) electrons. The van der Waals surface area contributed by atoms with E-state index in [0.29, 0.717) is 26.4 Å². The summed E-state index contributed by atoms with van der Waals surface area (Å²) in [5.41, 5.74) is 0. The summed E-state index contributed by atoms with van der Waals surface area (Å²) in [5.74, 6) is 0. The third kappa shape index (κ3) is 5.97. The Labute approximate surface area is 112 Å². The van der Waals surface area contributed by atoms with Crippen LogP contribution in [0.4, 0.5) is 0 Å². The van der Waals surface area contributed by atoms with Gasteiger partial charge in [0.1, 0.15) is 6.61 Å². The van der Waals surface area contributed by atoms with Gasteiger partial charge in [-0.05, 0) is 24.4 Å². The van der Waals surface area contributed by atoms with E-state index in [1.54, 1.807) is 0 Å². The molecular weight excluding hydrogens is 258 g/mol. The van der Waals surface area contributed by atoms with Gasteiger partial charge in [-0.15, -0.1) is 4.98 Å². The molecule has 0 aliphatic heterocycles. The lowest BCUT2D eigenvalue weighted by Crippen LogP contribution is -2.10. The van der Waals surface area contributed by atoms with E-state index in [2.05, 4.69) is 15.0 Å². The summed E-state index contributed by atoms with van der Waals surface area (Å²) in [7, 11) is 0. The highest BCUT2D eigenvalue weighted by Crippen LogP contribution is 2.13. The van der Waals surface area contributed by atoms with Crippen molar-refractivity contribution in [2.75, 3.05) is 26.4 Å². The largest absolute Gasteiger partial charge is 0.463 e. The molecule has 7 heteroatoms. The van der Waals surface area contributed by atoms with Crippen molar-refractivity contribution in [3.63, 3.8) is 0 Å². The summed E-state index contributed by atoms with van der Waals surface area (Å²) in [4.78, 5) is 11.7. The molecule has 1 aromatic rings. The van der Waals surface area contributed by atoms with Crippen molar-refractivity contribution in [2.24, 2.45) is 0 Å². The Bertz CT molecular complexity index is 352. The Kier molecular flexibility index (Phi) is 7.36. The highest BCUT2D eigenvalue weighted by Gasteiger charge is 2.06. The molecule has 1 rings (SSSR count). The Morgan fingerprint density at radius 3 is 2.06 bits per heavy atom. The van der Waals surface area contributed by atoms with E-state index in [1.807, 2.05) is 13.8 Å². The van der Waals surface area contributed by atoms with E-state index in [0.717, 1.165) is 12.8 Å². The predicted molar refractivity (Wildman–Crippen MR) is 67.2 cm³/mol. The summed E-state index contributed by atoms with van der Waals surface area (Å²) < 4.78 is 15.8. The molecule has 0 spiro atoms. The van der Waals surface area contributed by atoms with Crippen LogP contribution in [0.3, 0.4) is 0 Å². The topological polar surface area (TPSA) is 66.4 Å². The highest BCUT2D eigenvalue weighted by molar-refractivity contribution is 6.28. The van der Waals surface area contributed by atoms with Gasteiger partial charge in [-0.25, -0.2) is 0 Å². The smallest absolute Gasteiger partial charge is 0.324 e. The predicted octanol–water partition coefficient (Wildman–Crippen LogP) is 2.12. The van der Waals surface area contributed by atoms with Crippen LogP contribution in [0.2, 0.25) is 5.28 Å². The van der Waals surface area contributed by atoms with Crippen molar-refractivity contribution in [2.45, 2.75) is 26.7 Å². The lowest BCUT2D eigenvalue weighted by molar-refractivity contribution is 0.0966. The normalized spacial score (nSPS) is 10.4. The van der Waals surface area contributed by atoms with Crippen LogP contribution in [-0.4, -0.2) is 41.4 Å². The number of halogens is 1. The molecule has 0 fully saturated rings. The second-order valence-electron chi connectivity index (χ2n) is 3.48. The van der Waals surface area contributed by atoms with Crippen molar-refractivity contribution in [3.05, 3.63) is 5.28 Å². The molecule has 18 heavy (non-hydrogen) atoms. The van der Waals surface area contributed by atoms with Gasteiger partial charge in [0.25, 0.3) is 0 Å². The number of nitrogens with zero attached hydrogens (tertiary/aromatic N) is 3. The lowest BCUT2D eigenvalue weighted by Gasteiger charge is -2.07. The maximum absolute atomic E-state index is 5.74. The first-order valence-corrected chi connectivity index (χ1v) is 6.39. The highest BCUT2D eigenvalue weighted by atomic mass is 35.5. The van der Waals surface area contributed by atoms with Crippen molar-refractivity contribution in [1.82, 2.24) is 15.0 Å². The molecule has 0 aliphatic rings. The molecule has 0 aromatic carbocycles. The monoisotopic (exact) mass is 275 g/mol. The van der Waals surface area contributed by atoms with E-state index in [1.165, 1.54) is 0 Å². The number of rotatable bonds is 9. The van der Waals surface area contributed by atoms with Gasteiger partial charge in [0, 0.05) is 6.61 Å². The van der Waals surface area contributed by atoms with Crippen molar-refractivity contribution < 1.29 is 14.2 Å².